The maximum Gasteiger partial charge on any atom is 0.0697 e. The Kier molecular flexibility index (Phi) is 5.13. The Hall–Kier alpha value is -0.930. The molecular weight excluding hydrogens is 166 g/mol. The SMILES string of the molecule is OCCOCCCc1ccccn1. The van der Waals surface area contributed by atoms with Gasteiger partial charge in [0.2, 0.25) is 0 Å². The second kappa shape index (κ2) is 6.57. The highest BCUT2D eigenvalue weighted by molar-refractivity contribution is 5.03. The highest BCUT2D eigenvalue weighted by Gasteiger charge is 1.92. The molecule has 0 aliphatic heterocycles. The molecule has 0 saturated heterocycles. The number of nitrogens with zero attached hydrogens (tertiary/aromatic N) is 1. The Morgan fingerprint density at radius 3 is 2.92 bits per heavy atom. The van der Waals surface area contributed by atoms with Gasteiger partial charge in [-0.15, -0.1) is 0 Å². The van der Waals surface area contributed by atoms with Gasteiger partial charge >= 0.3 is 0 Å². The standard InChI is InChI=1S/C10H15NO2/c12-7-9-13-8-3-5-10-4-1-2-6-11-10/h1-2,4,6,12H,3,5,7-9H2. The molecule has 0 aliphatic rings. The molecule has 13 heavy (non-hydrogen) atoms. The minimum Gasteiger partial charge on any atom is -0.394 e. The predicted molar refractivity (Wildman–Crippen MR) is 50.5 cm³/mol. The first-order valence-electron chi connectivity index (χ1n) is 4.52. The molecule has 0 unspecified atom stereocenters. The Bertz CT molecular complexity index is 213. The first-order valence-corrected chi connectivity index (χ1v) is 4.52. The number of aryl methyl sites for hydroxylation is 1. The van der Waals surface area contributed by atoms with Crippen LogP contribution in [0.2, 0.25) is 0 Å². The second-order valence-corrected chi connectivity index (χ2v) is 2.76. The highest BCUT2D eigenvalue weighted by Crippen LogP contribution is 1.97. The van der Waals surface area contributed by atoms with Crippen LogP contribution in [-0.2, 0) is 11.2 Å². The normalized spacial score (nSPS) is 10.2. The molecule has 1 heterocycles. The van der Waals surface area contributed by atoms with Crippen molar-refractivity contribution in [2.75, 3.05) is 19.8 Å². The van der Waals surface area contributed by atoms with Crippen LogP contribution in [0.4, 0.5) is 0 Å². The van der Waals surface area contributed by atoms with E-state index in [0.717, 1.165) is 18.5 Å². The molecule has 3 heteroatoms. The third kappa shape index (κ3) is 4.60. The van der Waals surface area contributed by atoms with Gasteiger partial charge < -0.3 is 9.84 Å². The number of rotatable bonds is 6. The van der Waals surface area contributed by atoms with Crippen molar-refractivity contribution in [1.29, 1.82) is 0 Å². The number of hydrogen-bond donors (Lipinski definition) is 1. The summed E-state index contributed by atoms with van der Waals surface area (Å²) < 4.78 is 5.13. The Balaban J connectivity index is 2.07. The van der Waals surface area contributed by atoms with Gasteiger partial charge in [0.15, 0.2) is 0 Å². The van der Waals surface area contributed by atoms with Crippen molar-refractivity contribution in [3.05, 3.63) is 30.1 Å². The lowest BCUT2D eigenvalue weighted by molar-refractivity contribution is 0.0908. The van der Waals surface area contributed by atoms with Gasteiger partial charge in [-0.05, 0) is 25.0 Å². The van der Waals surface area contributed by atoms with Crippen LogP contribution in [0.25, 0.3) is 0 Å². The van der Waals surface area contributed by atoms with Gasteiger partial charge in [-0.25, -0.2) is 0 Å². The van der Waals surface area contributed by atoms with E-state index in [1.165, 1.54) is 0 Å². The topological polar surface area (TPSA) is 42.4 Å². The predicted octanol–water partition coefficient (Wildman–Crippen LogP) is 1.02. The molecule has 1 aromatic heterocycles. The zero-order valence-electron chi connectivity index (χ0n) is 7.65. The number of aliphatic hydroxyl groups is 1. The Labute approximate surface area is 78.4 Å². The molecule has 0 amide bonds. The van der Waals surface area contributed by atoms with E-state index in [4.69, 9.17) is 9.84 Å². The lowest BCUT2D eigenvalue weighted by Gasteiger charge is -2.01. The fraction of sp³-hybridized carbons (Fsp3) is 0.500. The van der Waals surface area contributed by atoms with Gasteiger partial charge in [0.05, 0.1) is 13.2 Å². The largest absolute Gasteiger partial charge is 0.394 e. The summed E-state index contributed by atoms with van der Waals surface area (Å²) in [6.45, 7) is 1.23. The minimum absolute atomic E-state index is 0.101. The van der Waals surface area contributed by atoms with Crippen LogP contribution in [0.1, 0.15) is 12.1 Å². The van der Waals surface area contributed by atoms with Gasteiger partial charge in [0.25, 0.3) is 0 Å². The second-order valence-electron chi connectivity index (χ2n) is 2.76. The van der Waals surface area contributed by atoms with Crippen LogP contribution < -0.4 is 0 Å². The molecule has 72 valence electrons. The molecule has 0 fully saturated rings. The van der Waals surface area contributed by atoms with Crippen molar-refractivity contribution >= 4 is 0 Å². The maximum atomic E-state index is 8.45. The van der Waals surface area contributed by atoms with E-state index in [-0.39, 0.29) is 6.61 Å². The number of aromatic nitrogens is 1. The first-order chi connectivity index (χ1) is 6.43. The first kappa shape index (κ1) is 10.2. The summed E-state index contributed by atoms with van der Waals surface area (Å²) in [6, 6.07) is 5.90. The summed E-state index contributed by atoms with van der Waals surface area (Å²) >= 11 is 0. The number of pyridine rings is 1. The molecule has 1 aromatic rings. The van der Waals surface area contributed by atoms with Crippen LogP contribution in [0.5, 0.6) is 0 Å². The fourth-order valence-corrected chi connectivity index (χ4v) is 1.07. The zero-order chi connectivity index (χ0) is 9.36. The average Bonchev–Trinajstić information content (AvgIpc) is 2.19. The number of hydrogen-bond acceptors (Lipinski definition) is 3. The van der Waals surface area contributed by atoms with Crippen molar-refractivity contribution in [2.24, 2.45) is 0 Å². The Morgan fingerprint density at radius 1 is 1.31 bits per heavy atom. The summed E-state index contributed by atoms with van der Waals surface area (Å²) in [5.74, 6) is 0. The quantitative estimate of drug-likeness (QED) is 0.666. The van der Waals surface area contributed by atoms with E-state index in [2.05, 4.69) is 4.98 Å². The van der Waals surface area contributed by atoms with Crippen molar-refractivity contribution in [3.8, 4) is 0 Å². The number of ether oxygens (including phenoxy) is 1. The molecule has 1 N–H and O–H groups in total. The summed E-state index contributed by atoms with van der Waals surface area (Å²) in [6.07, 6.45) is 3.69. The monoisotopic (exact) mass is 181 g/mol. The molecule has 1 rings (SSSR count). The summed E-state index contributed by atoms with van der Waals surface area (Å²) in [4.78, 5) is 4.19. The van der Waals surface area contributed by atoms with E-state index in [9.17, 15) is 0 Å². The molecule has 0 atom stereocenters. The van der Waals surface area contributed by atoms with Crippen LogP contribution in [0.15, 0.2) is 24.4 Å². The van der Waals surface area contributed by atoms with Crippen LogP contribution in [0, 0.1) is 0 Å². The molecule has 0 radical (unpaired) electrons. The van der Waals surface area contributed by atoms with Gasteiger partial charge in [-0.2, -0.15) is 0 Å². The van der Waals surface area contributed by atoms with E-state index >= 15 is 0 Å². The summed E-state index contributed by atoms with van der Waals surface area (Å²) in [5.41, 5.74) is 1.09. The molecule has 0 bridgehead atoms. The zero-order valence-corrected chi connectivity index (χ0v) is 7.65. The third-order valence-electron chi connectivity index (χ3n) is 1.68. The lowest BCUT2D eigenvalue weighted by Crippen LogP contribution is -2.02. The third-order valence-corrected chi connectivity index (χ3v) is 1.68. The van der Waals surface area contributed by atoms with Crippen molar-refractivity contribution < 1.29 is 9.84 Å². The van der Waals surface area contributed by atoms with Crippen molar-refractivity contribution in [2.45, 2.75) is 12.8 Å². The van der Waals surface area contributed by atoms with E-state index in [0.29, 0.717) is 13.2 Å². The summed E-state index contributed by atoms with van der Waals surface area (Å²) in [5, 5.41) is 8.45. The van der Waals surface area contributed by atoms with E-state index in [1.807, 2.05) is 18.2 Å². The minimum atomic E-state index is 0.101. The van der Waals surface area contributed by atoms with Gasteiger partial charge in [0, 0.05) is 18.5 Å². The molecular formula is C10H15NO2. The summed E-state index contributed by atoms with van der Waals surface area (Å²) in [7, 11) is 0. The lowest BCUT2D eigenvalue weighted by atomic mass is 10.2. The molecule has 0 aromatic carbocycles. The molecule has 0 aliphatic carbocycles. The van der Waals surface area contributed by atoms with Crippen LogP contribution >= 0.6 is 0 Å². The van der Waals surface area contributed by atoms with Crippen LogP contribution in [-0.4, -0.2) is 29.9 Å². The molecule has 0 spiro atoms. The molecule has 3 nitrogen and oxygen atoms in total. The van der Waals surface area contributed by atoms with Crippen molar-refractivity contribution in [3.63, 3.8) is 0 Å². The Morgan fingerprint density at radius 2 is 2.23 bits per heavy atom. The molecule has 0 saturated carbocycles. The maximum absolute atomic E-state index is 8.45. The van der Waals surface area contributed by atoms with Crippen LogP contribution in [0.3, 0.4) is 0 Å². The van der Waals surface area contributed by atoms with Gasteiger partial charge in [-0.3, -0.25) is 4.98 Å². The average molecular weight is 181 g/mol. The van der Waals surface area contributed by atoms with Gasteiger partial charge in [-0.1, -0.05) is 6.07 Å². The van der Waals surface area contributed by atoms with E-state index in [1.54, 1.807) is 6.20 Å². The fourth-order valence-electron chi connectivity index (χ4n) is 1.07. The van der Waals surface area contributed by atoms with Gasteiger partial charge in [0.1, 0.15) is 0 Å². The number of aliphatic hydroxyl groups excluding tert-OH is 1. The highest BCUT2D eigenvalue weighted by atomic mass is 16.5. The smallest absolute Gasteiger partial charge is 0.0697 e. The van der Waals surface area contributed by atoms with E-state index < -0.39 is 0 Å². The van der Waals surface area contributed by atoms with Crippen molar-refractivity contribution in [1.82, 2.24) is 4.98 Å².